The lowest BCUT2D eigenvalue weighted by Crippen LogP contribution is -2.12. The van der Waals surface area contributed by atoms with Gasteiger partial charge in [0.15, 0.2) is 0 Å². The normalized spacial score (nSPS) is 11.9. The molecule has 4 nitrogen and oxygen atoms in total. The highest BCUT2D eigenvalue weighted by Gasteiger charge is 2.11. The number of unbranched alkanes of at least 4 members (excludes halogenated alkanes) is 16. The second kappa shape index (κ2) is 20.6. The monoisotopic (exact) mass is 406 g/mol. The molecule has 0 N–H and O–H groups in total. The van der Waals surface area contributed by atoms with Crippen LogP contribution in [0.1, 0.15) is 129 Å². The first-order chi connectivity index (χ1) is 13.1. The summed E-state index contributed by atoms with van der Waals surface area (Å²) in [7, 11) is -3.80. The van der Waals surface area contributed by atoms with Crippen molar-refractivity contribution in [1.29, 1.82) is 0 Å². The first-order valence-electron chi connectivity index (χ1n) is 11.7. The first kappa shape index (κ1) is 26.9. The van der Waals surface area contributed by atoms with Crippen molar-refractivity contribution >= 4 is 10.4 Å². The fourth-order valence-electron chi connectivity index (χ4n) is 3.18. The Kier molecular flexibility index (Phi) is 20.5. The summed E-state index contributed by atoms with van der Waals surface area (Å²) in [6.45, 7) is 4.95. The van der Waals surface area contributed by atoms with Gasteiger partial charge in [0.05, 0.1) is 13.2 Å². The molecule has 0 aliphatic carbocycles. The van der Waals surface area contributed by atoms with Crippen LogP contribution in [0, 0.1) is 0 Å². The van der Waals surface area contributed by atoms with Gasteiger partial charge in [0, 0.05) is 0 Å². The molecule has 0 radical (unpaired) electrons. The average Bonchev–Trinajstić information content (AvgIpc) is 2.64. The highest BCUT2D eigenvalue weighted by atomic mass is 32.3. The Bertz CT molecular complexity index is 382. The maximum atomic E-state index is 11.7. The van der Waals surface area contributed by atoms with Gasteiger partial charge in [-0.2, -0.15) is 8.42 Å². The van der Waals surface area contributed by atoms with Gasteiger partial charge >= 0.3 is 10.4 Å². The van der Waals surface area contributed by atoms with E-state index < -0.39 is 10.4 Å². The van der Waals surface area contributed by atoms with Gasteiger partial charge in [-0.05, 0) is 12.8 Å². The van der Waals surface area contributed by atoms with Gasteiger partial charge in [-0.3, -0.25) is 0 Å². The lowest BCUT2D eigenvalue weighted by atomic mass is 10.1. The van der Waals surface area contributed by atoms with Gasteiger partial charge in [0.1, 0.15) is 0 Å². The molecule has 0 saturated heterocycles. The van der Waals surface area contributed by atoms with Crippen molar-refractivity contribution in [2.24, 2.45) is 0 Å². The second-order valence-electron chi connectivity index (χ2n) is 7.71. The maximum Gasteiger partial charge on any atom is 0.399 e. The van der Waals surface area contributed by atoms with Crippen LogP contribution in [0.5, 0.6) is 0 Å². The van der Waals surface area contributed by atoms with Crippen molar-refractivity contribution in [3.63, 3.8) is 0 Å². The molecule has 164 valence electrons. The van der Waals surface area contributed by atoms with Gasteiger partial charge in [-0.15, -0.1) is 0 Å². The Hall–Kier alpha value is -0.130. The average molecular weight is 407 g/mol. The Morgan fingerprint density at radius 2 is 0.704 bits per heavy atom. The predicted octanol–water partition coefficient (Wildman–Crippen LogP) is 7.33. The van der Waals surface area contributed by atoms with Crippen LogP contribution in [0.4, 0.5) is 0 Å². The van der Waals surface area contributed by atoms with Gasteiger partial charge in [0.25, 0.3) is 0 Å². The molecule has 5 heteroatoms. The molecule has 0 heterocycles. The summed E-state index contributed by atoms with van der Waals surface area (Å²) in [6.07, 6.45) is 21.6. The van der Waals surface area contributed by atoms with Crippen molar-refractivity contribution in [3.05, 3.63) is 0 Å². The lowest BCUT2D eigenvalue weighted by Gasteiger charge is -2.06. The summed E-state index contributed by atoms with van der Waals surface area (Å²) >= 11 is 0. The molecule has 0 saturated carbocycles. The topological polar surface area (TPSA) is 52.6 Å². The van der Waals surface area contributed by atoms with Crippen molar-refractivity contribution in [2.75, 3.05) is 13.2 Å². The second-order valence-corrected chi connectivity index (χ2v) is 9.00. The van der Waals surface area contributed by atoms with E-state index in [1.165, 1.54) is 77.0 Å². The zero-order valence-electron chi connectivity index (χ0n) is 18.2. The quantitative estimate of drug-likeness (QED) is 0.177. The van der Waals surface area contributed by atoms with Crippen molar-refractivity contribution in [1.82, 2.24) is 0 Å². The molecule has 27 heavy (non-hydrogen) atoms. The van der Waals surface area contributed by atoms with Gasteiger partial charge in [-0.1, -0.05) is 117 Å². The van der Waals surface area contributed by atoms with Gasteiger partial charge in [0.2, 0.25) is 0 Å². The molecule has 0 amide bonds. The largest absolute Gasteiger partial charge is 0.399 e. The SMILES string of the molecule is CCCCCCCCCCCCOS(=O)(=O)OCCCCCCCCCC. The fourth-order valence-corrected chi connectivity index (χ4v) is 3.89. The van der Waals surface area contributed by atoms with Crippen LogP contribution in [-0.4, -0.2) is 21.6 Å². The molecular formula is C22H46O4S. The zero-order valence-corrected chi connectivity index (χ0v) is 19.0. The molecular weight excluding hydrogens is 360 g/mol. The molecule has 0 aliphatic rings. The summed E-state index contributed by atoms with van der Waals surface area (Å²) in [5.74, 6) is 0. The maximum absolute atomic E-state index is 11.7. The number of rotatable bonds is 22. The fraction of sp³-hybridized carbons (Fsp3) is 1.00. The third-order valence-electron chi connectivity index (χ3n) is 4.95. The molecule has 0 spiro atoms. The van der Waals surface area contributed by atoms with Crippen LogP contribution in [-0.2, 0) is 18.8 Å². The van der Waals surface area contributed by atoms with Crippen molar-refractivity contribution in [3.8, 4) is 0 Å². The lowest BCUT2D eigenvalue weighted by molar-refractivity contribution is 0.208. The van der Waals surface area contributed by atoms with Crippen molar-refractivity contribution in [2.45, 2.75) is 129 Å². The summed E-state index contributed by atoms with van der Waals surface area (Å²) in [6, 6.07) is 0. The van der Waals surface area contributed by atoms with E-state index in [4.69, 9.17) is 8.37 Å². The summed E-state index contributed by atoms with van der Waals surface area (Å²) in [5.41, 5.74) is 0. The Morgan fingerprint density at radius 1 is 0.444 bits per heavy atom. The molecule has 0 aromatic heterocycles. The minimum Gasteiger partial charge on any atom is -0.248 e. The highest BCUT2D eigenvalue weighted by molar-refractivity contribution is 7.81. The Balaban J connectivity index is 3.33. The van der Waals surface area contributed by atoms with Crippen LogP contribution in [0.2, 0.25) is 0 Å². The standard InChI is InChI=1S/C22H46O4S/c1-3-5-7-9-11-13-14-16-18-20-22-26-27(23,24)25-21-19-17-15-12-10-8-6-4-2/h3-22H2,1-2H3. The van der Waals surface area contributed by atoms with E-state index >= 15 is 0 Å². The van der Waals surface area contributed by atoms with Crippen LogP contribution >= 0.6 is 0 Å². The van der Waals surface area contributed by atoms with E-state index in [-0.39, 0.29) is 13.2 Å². The highest BCUT2D eigenvalue weighted by Crippen LogP contribution is 2.12. The number of hydrogen-bond donors (Lipinski definition) is 0. The minimum atomic E-state index is -3.80. The van der Waals surface area contributed by atoms with Crippen LogP contribution in [0.3, 0.4) is 0 Å². The molecule has 0 aromatic rings. The van der Waals surface area contributed by atoms with Gasteiger partial charge in [-0.25, -0.2) is 8.37 Å². The Morgan fingerprint density at radius 3 is 1.00 bits per heavy atom. The number of hydrogen-bond acceptors (Lipinski definition) is 4. The molecule has 0 fully saturated rings. The summed E-state index contributed by atoms with van der Waals surface area (Å²) in [5, 5.41) is 0. The van der Waals surface area contributed by atoms with E-state index in [2.05, 4.69) is 13.8 Å². The van der Waals surface area contributed by atoms with Crippen molar-refractivity contribution < 1.29 is 16.8 Å². The van der Waals surface area contributed by atoms with E-state index in [0.29, 0.717) is 0 Å². The molecule has 0 atom stereocenters. The van der Waals surface area contributed by atoms with E-state index in [0.717, 1.165) is 38.5 Å². The van der Waals surface area contributed by atoms with E-state index in [9.17, 15) is 8.42 Å². The minimum absolute atomic E-state index is 0.245. The smallest absolute Gasteiger partial charge is 0.248 e. The third-order valence-corrected chi connectivity index (χ3v) is 5.86. The molecule has 0 rings (SSSR count). The molecule has 0 bridgehead atoms. The zero-order chi connectivity index (χ0) is 20.1. The van der Waals surface area contributed by atoms with Gasteiger partial charge < -0.3 is 0 Å². The van der Waals surface area contributed by atoms with E-state index in [1.807, 2.05) is 0 Å². The summed E-state index contributed by atoms with van der Waals surface area (Å²) in [4.78, 5) is 0. The molecule has 0 unspecified atom stereocenters. The van der Waals surface area contributed by atoms with E-state index in [1.54, 1.807) is 0 Å². The summed E-state index contributed by atoms with van der Waals surface area (Å²) < 4.78 is 33.1. The molecule has 0 aromatic carbocycles. The van der Waals surface area contributed by atoms with Crippen LogP contribution in [0.15, 0.2) is 0 Å². The Labute approximate surface area is 170 Å². The molecule has 0 aliphatic heterocycles. The predicted molar refractivity (Wildman–Crippen MR) is 115 cm³/mol. The third kappa shape index (κ3) is 22.0. The van der Waals surface area contributed by atoms with Crippen LogP contribution in [0.25, 0.3) is 0 Å². The first-order valence-corrected chi connectivity index (χ1v) is 13.0. The van der Waals surface area contributed by atoms with Crippen LogP contribution < -0.4 is 0 Å².